The third kappa shape index (κ3) is 2.96. The van der Waals surface area contributed by atoms with Gasteiger partial charge in [0, 0.05) is 14.1 Å². The molecule has 0 heterocycles. The predicted molar refractivity (Wildman–Crippen MR) is 64.3 cm³/mol. The van der Waals surface area contributed by atoms with Gasteiger partial charge in [-0.1, -0.05) is 0 Å². The van der Waals surface area contributed by atoms with Crippen molar-refractivity contribution in [1.82, 2.24) is 4.31 Å². The van der Waals surface area contributed by atoms with Gasteiger partial charge in [0.1, 0.15) is 5.82 Å². The lowest BCUT2D eigenvalue weighted by Crippen LogP contribution is -2.29. The number of nitrogens with one attached hydrogen (secondary N) is 1. The Morgan fingerprint density at radius 3 is 2.39 bits per heavy atom. The number of aromatic carboxylic acids is 1. The number of carboxylic acids is 1. The first-order valence-corrected chi connectivity index (χ1v) is 6.33. The van der Waals surface area contributed by atoms with E-state index in [0.717, 1.165) is 16.4 Å². The van der Waals surface area contributed by atoms with Crippen molar-refractivity contribution in [3.05, 3.63) is 29.1 Å². The molecule has 0 spiro atoms. The highest BCUT2D eigenvalue weighted by Gasteiger charge is 2.18. The first kappa shape index (κ1) is 14.4. The van der Waals surface area contributed by atoms with Crippen molar-refractivity contribution in [2.24, 2.45) is 0 Å². The van der Waals surface area contributed by atoms with E-state index in [9.17, 15) is 17.6 Å². The summed E-state index contributed by atoms with van der Waals surface area (Å²) in [5.41, 5.74) is -0.340. The normalized spacial score (nSPS) is 11.6. The Morgan fingerprint density at radius 1 is 1.39 bits per heavy atom. The summed E-state index contributed by atoms with van der Waals surface area (Å²) in [7, 11) is -1.34. The second kappa shape index (κ2) is 4.91. The maximum atomic E-state index is 13.5. The van der Waals surface area contributed by atoms with Crippen LogP contribution in [0.15, 0.2) is 12.1 Å². The fraction of sp³-hybridized carbons (Fsp3) is 0.300. The van der Waals surface area contributed by atoms with Crippen LogP contribution in [0.2, 0.25) is 0 Å². The molecule has 0 amide bonds. The SMILES string of the molecule is Cc1cc(F)c(NS(=O)(=O)N(C)C)cc1C(=O)O. The molecule has 0 fully saturated rings. The summed E-state index contributed by atoms with van der Waals surface area (Å²) in [5.74, 6) is -2.08. The largest absolute Gasteiger partial charge is 0.478 e. The molecular weight excluding hydrogens is 263 g/mol. The summed E-state index contributed by atoms with van der Waals surface area (Å²) >= 11 is 0. The monoisotopic (exact) mass is 276 g/mol. The summed E-state index contributed by atoms with van der Waals surface area (Å²) < 4.78 is 39.4. The number of nitrogens with zero attached hydrogens (tertiary/aromatic N) is 1. The molecule has 1 aromatic rings. The molecule has 0 bridgehead atoms. The van der Waals surface area contributed by atoms with Crippen molar-refractivity contribution in [3.63, 3.8) is 0 Å². The minimum absolute atomic E-state index is 0.159. The number of carbonyl (C=O) groups is 1. The predicted octanol–water partition coefficient (Wildman–Crippen LogP) is 1.05. The van der Waals surface area contributed by atoms with Crippen LogP contribution in [0.1, 0.15) is 15.9 Å². The minimum Gasteiger partial charge on any atom is -0.478 e. The van der Waals surface area contributed by atoms with Gasteiger partial charge in [-0.2, -0.15) is 12.7 Å². The number of benzene rings is 1. The molecule has 0 radical (unpaired) electrons. The average molecular weight is 276 g/mol. The van der Waals surface area contributed by atoms with Gasteiger partial charge >= 0.3 is 16.2 Å². The van der Waals surface area contributed by atoms with E-state index in [1.807, 2.05) is 4.72 Å². The van der Waals surface area contributed by atoms with Crippen molar-refractivity contribution < 1.29 is 22.7 Å². The van der Waals surface area contributed by atoms with E-state index in [4.69, 9.17) is 5.11 Å². The Bertz CT molecular complexity index is 584. The summed E-state index contributed by atoms with van der Waals surface area (Å²) in [5, 5.41) is 8.88. The van der Waals surface area contributed by atoms with Crippen LogP contribution >= 0.6 is 0 Å². The third-order valence-electron chi connectivity index (χ3n) is 2.26. The highest BCUT2D eigenvalue weighted by molar-refractivity contribution is 7.90. The maximum Gasteiger partial charge on any atom is 0.336 e. The van der Waals surface area contributed by atoms with Gasteiger partial charge in [-0.05, 0) is 24.6 Å². The van der Waals surface area contributed by atoms with E-state index in [1.165, 1.54) is 21.0 Å². The van der Waals surface area contributed by atoms with Crippen LogP contribution in [0.4, 0.5) is 10.1 Å². The highest BCUT2D eigenvalue weighted by atomic mass is 32.2. The topological polar surface area (TPSA) is 86.7 Å². The number of halogens is 1. The zero-order valence-corrected chi connectivity index (χ0v) is 10.9. The van der Waals surface area contributed by atoms with E-state index in [1.54, 1.807) is 0 Å². The lowest BCUT2D eigenvalue weighted by molar-refractivity contribution is 0.0696. The van der Waals surface area contributed by atoms with Gasteiger partial charge < -0.3 is 5.11 Å². The van der Waals surface area contributed by atoms with Crippen molar-refractivity contribution in [3.8, 4) is 0 Å². The number of anilines is 1. The Hall–Kier alpha value is -1.67. The molecule has 1 aromatic carbocycles. The lowest BCUT2D eigenvalue weighted by Gasteiger charge is -2.14. The molecule has 0 aliphatic carbocycles. The third-order valence-corrected chi connectivity index (χ3v) is 3.70. The van der Waals surface area contributed by atoms with E-state index >= 15 is 0 Å². The van der Waals surface area contributed by atoms with E-state index in [0.29, 0.717) is 0 Å². The van der Waals surface area contributed by atoms with Crippen LogP contribution < -0.4 is 4.72 Å². The summed E-state index contributed by atoms with van der Waals surface area (Å²) in [6.07, 6.45) is 0. The molecule has 0 unspecified atom stereocenters. The van der Waals surface area contributed by atoms with E-state index in [-0.39, 0.29) is 11.1 Å². The Kier molecular flexibility index (Phi) is 3.92. The van der Waals surface area contributed by atoms with E-state index < -0.39 is 27.7 Å². The molecule has 0 saturated carbocycles. The standard InChI is InChI=1S/C10H13FN2O4S/c1-6-4-8(11)9(5-7(6)10(14)15)12-18(16,17)13(2)3/h4-5,12H,1-3H3,(H,14,15). The van der Waals surface area contributed by atoms with Gasteiger partial charge in [-0.25, -0.2) is 9.18 Å². The fourth-order valence-electron chi connectivity index (χ4n) is 1.21. The molecule has 0 atom stereocenters. The van der Waals surface area contributed by atoms with Crippen molar-refractivity contribution in [1.29, 1.82) is 0 Å². The molecule has 0 saturated heterocycles. The number of hydrogen-bond donors (Lipinski definition) is 2. The number of carboxylic acid groups (broad SMARTS) is 1. The number of hydrogen-bond acceptors (Lipinski definition) is 3. The Balaban J connectivity index is 3.27. The number of aryl methyl sites for hydroxylation is 1. The molecule has 0 aliphatic heterocycles. The first-order chi connectivity index (χ1) is 8.15. The minimum atomic E-state index is -3.88. The maximum absolute atomic E-state index is 13.5. The summed E-state index contributed by atoms with van der Waals surface area (Å²) in [6.45, 7) is 1.43. The van der Waals surface area contributed by atoms with Crippen LogP contribution in [-0.4, -0.2) is 37.9 Å². The first-order valence-electron chi connectivity index (χ1n) is 4.89. The zero-order chi connectivity index (χ0) is 14.1. The van der Waals surface area contributed by atoms with Crippen LogP contribution in [-0.2, 0) is 10.2 Å². The Morgan fingerprint density at radius 2 is 1.94 bits per heavy atom. The number of rotatable bonds is 4. The van der Waals surface area contributed by atoms with Crippen molar-refractivity contribution in [2.45, 2.75) is 6.92 Å². The molecular formula is C10H13FN2O4S. The van der Waals surface area contributed by atoms with Gasteiger partial charge in [0.2, 0.25) is 0 Å². The van der Waals surface area contributed by atoms with Crippen molar-refractivity contribution in [2.75, 3.05) is 18.8 Å². The molecule has 2 N–H and O–H groups in total. The van der Waals surface area contributed by atoms with Crippen LogP contribution in [0.5, 0.6) is 0 Å². The Labute approximate surface area is 104 Å². The van der Waals surface area contributed by atoms with E-state index in [2.05, 4.69) is 0 Å². The van der Waals surface area contributed by atoms with Gasteiger partial charge in [0.05, 0.1) is 11.3 Å². The molecule has 1 rings (SSSR count). The summed E-state index contributed by atoms with van der Waals surface area (Å²) in [6, 6.07) is 1.92. The quantitative estimate of drug-likeness (QED) is 0.860. The smallest absolute Gasteiger partial charge is 0.336 e. The molecule has 100 valence electrons. The van der Waals surface area contributed by atoms with Gasteiger partial charge in [-0.3, -0.25) is 4.72 Å². The summed E-state index contributed by atoms with van der Waals surface area (Å²) in [4.78, 5) is 10.9. The van der Waals surface area contributed by atoms with Crippen LogP contribution in [0, 0.1) is 12.7 Å². The van der Waals surface area contributed by atoms with Gasteiger partial charge in [-0.15, -0.1) is 0 Å². The molecule has 18 heavy (non-hydrogen) atoms. The highest BCUT2D eigenvalue weighted by Crippen LogP contribution is 2.21. The van der Waals surface area contributed by atoms with Gasteiger partial charge in [0.25, 0.3) is 0 Å². The second-order valence-corrected chi connectivity index (χ2v) is 5.73. The molecule has 8 heteroatoms. The fourth-order valence-corrected chi connectivity index (χ4v) is 1.83. The van der Waals surface area contributed by atoms with Crippen LogP contribution in [0.25, 0.3) is 0 Å². The average Bonchev–Trinajstić information content (AvgIpc) is 2.21. The molecule has 0 aliphatic rings. The lowest BCUT2D eigenvalue weighted by atomic mass is 10.1. The zero-order valence-electron chi connectivity index (χ0n) is 10.1. The van der Waals surface area contributed by atoms with Crippen LogP contribution in [0.3, 0.4) is 0 Å². The molecule has 6 nitrogen and oxygen atoms in total. The van der Waals surface area contributed by atoms with Gasteiger partial charge in [0.15, 0.2) is 0 Å². The van der Waals surface area contributed by atoms with Crippen molar-refractivity contribution >= 4 is 21.9 Å². The molecule has 0 aromatic heterocycles. The second-order valence-electron chi connectivity index (χ2n) is 3.84.